The van der Waals surface area contributed by atoms with E-state index >= 15 is 0 Å². The number of rotatable bonds is 6. The zero-order chi connectivity index (χ0) is 16.1. The number of aromatic nitrogens is 1. The molecule has 0 aliphatic rings. The summed E-state index contributed by atoms with van der Waals surface area (Å²) in [7, 11) is 0. The van der Waals surface area contributed by atoms with Crippen LogP contribution in [0.2, 0.25) is 0 Å². The highest BCUT2D eigenvalue weighted by Gasteiger charge is 2.31. The number of hydrogen-bond donors (Lipinski definition) is 1. The molecule has 0 bridgehead atoms. The van der Waals surface area contributed by atoms with Crippen molar-refractivity contribution in [3.05, 3.63) is 23.9 Å². The Morgan fingerprint density at radius 3 is 2.43 bits per heavy atom. The highest BCUT2D eigenvalue weighted by atomic mass is 19.4. The molecule has 0 atom stereocenters. The van der Waals surface area contributed by atoms with E-state index < -0.39 is 12.7 Å². The van der Waals surface area contributed by atoms with Gasteiger partial charge in [-0.1, -0.05) is 6.92 Å². The van der Waals surface area contributed by atoms with Crippen LogP contribution >= 0.6 is 0 Å². The van der Waals surface area contributed by atoms with E-state index in [0.717, 1.165) is 5.56 Å². The lowest BCUT2D eigenvalue weighted by Crippen LogP contribution is -2.36. The predicted molar refractivity (Wildman–Crippen MR) is 79.4 cm³/mol. The van der Waals surface area contributed by atoms with Gasteiger partial charge in [0.25, 0.3) is 0 Å². The summed E-state index contributed by atoms with van der Waals surface area (Å²) in [6.07, 6.45) is -2.02. The van der Waals surface area contributed by atoms with Crippen molar-refractivity contribution in [1.82, 2.24) is 10.3 Å². The van der Waals surface area contributed by atoms with E-state index in [4.69, 9.17) is 0 Å². The van der Waals surface area contributed by atoms with Gasteiger partial charge < -0.3 is 10.2 Å². The Kier molecular flexibility index (Phi) is 6.01. The van der Waals surface area contributed by atoms with Crippen molar-refractivity contribution in [2.75, 3.05) is 18.0 Å². The summed E-state index contributed by atoms with van der Waals surface area (Å²) in [5.74, 6) is 0.377. The third-order valence-corrected chi connectivity index (χ3v) is 2.82. The van der Waals surface area contributed by atoms with Crippen molar-refractivity contribution in [2.45, 2.75) is 52.4 Å². The molecule has 1 aromatic heterocycles. The van der Waals surface area contributed by atoms with Crippen LogP contribution in [-0.4, -0.2) is 29.8 Å². The molecule has 0 aliphatic carbocycles. The fourth-order valence-corrected chi connectivity index (χ4v) is 1.87. The molecular weight excluding hydrogens is 279 g/mol. The van der Waals surface area contributed by atoms with Gasteiger partial charge in [-0.2, -0.15) is 13.2 Å². The maximum Gasteiger partial charge on any atom is 0.405 e. The fraction of sp³-hybridized carbons (Fsp3) is 0.667. The van der Waals surface area contributed by atoms with Crippen LogP contribution in [0.25, 0.3) is 0 Å². The third-order valence-electron chi connectivity index (χ3n) is 2.82. The first-order valence-corrected chi connectivity index (χ1v) is 7.12. The van der Waals surface area contributed by atoms with E-state index in [1.54, 1.807) is 12.3 Å². The Bertz CT molecular complexity index is 439. The van der Waals surface area contributed by atoms with Crippen LogP contribution < -0.4 is 10.2 Å². The van der Waals surface area contributed by atoms with Gasteiger partial charge in [-0.3, -0.25) is 0 Å². The summed E-state index contributed by atoms with van der Waals surface area (Å²) in [5.41, 5.74) is 0.886. The van der Waals surface area contributed by atoms with Crippen LogP contribution in [0, 0.1) is 0 Å². The van der Waals surface area contributed by atoms with Crippen molar-refractivity contribution in [2.24, 2.45) is 0 Å². The number of pyridine rings is 1. The average molecular weight is 303 g/mol. The van der Waals surface area contributed by atoms with Crippen LogP contribution in [0.15, 0.2) is 18.3 Å². The molecule has 0 aliphatic heterocycles. The van der Waals surface area contributed by atoms with Crippen molar-refractivity contribution in [3.63, 3.8) is 0 Å². The molecule has 21 heavy (non-hydrogen) atoms. The average Bonchev–Trinajstić information content (AvgIpc) is 2.34. The quantitative estimate of drug-likeness (QED) is 0.867. The number of nitrogens with one attached hydrogen (secondary N) is 1. The second-order valence-corrected chi connectivity index (χ2v) is 6.16. The third kappa shape index (κ3) is 7.32. The summed E-state index contributed by atoms with van der Waals surface area (Å²) < 4.78 is 37.9. The molecule has 0 unspecified atom stereocenters. The van der Waals surface area contributed by atoms with Gasteiger partial charge in [-0.05, 0) is 44.9 Å². The van der Waals surface area contributed by atoms with Crippen molar-refractivity contribution >= 4 is 5.82 Å². The lowest BCUT2D eigenvalue weighted by molar-refractivity contribution is -0.119. The molecule has 0 fully saturated rings. The minimum absolute atomic E-state index is 0.0431. The number of anilines is 1. The molecule has 1 heterocycles. The molecule has 0 saturated heterocycles. The Hall–Kier alpha value is -1.30. The molecule has 0 spiro atoms. The summed E-state index contributed by atoms with van der Waals surface area (Å²) in [6, 6.07) is 3.54. The highest BCUT2D eigenvalue weighted by molar-refractivity contribution is 5.41. The second-order valence-electron chi connectivity index (χ2n) is 6.16. The first kappa shape index (κ1) is 17.8. The van der Waals surface area contributed by atoms with Crippen LogP contribution in [0.3, 0.4) is 0 Å². The molecule has 1 N–H and O–H groups in total. The van der Waals surface area contributed by atoms with Crippen LogP contribution in [-0.2, 0) is 6.54 Å². The van der Waals surface area contributed by atoms with E-state index in [9.17, 15) is 13.2 Å². The maximum absolute atomic E-state index is 12.6. The zero-order valence-electron chi connectivity index (χ0n) is 13.1. The van der Waals surface area contributed by atoms with Gasteiger partial charge in [0.05, 0.1) is 0 Å². The SMILES string of the molecule is CCCN(CC(F)(F)F)c1cc(CNC(C)(C)C)ccn1. The van der Waals surface area contributed by atoms with Gasteiger partial charge in [-0.15, -0.1) is 0 Å². The van der Waals surface area contributed by atoms with Crippen molar-refractivity contribution in [3.8, 4) is 0 Å². The summed E-state index contributed by atoms with van der Waals surface area (Å²) in [6.45, 7) is 7.96. The molecule has 3 nitrogen and oxygen atoms in total. The van der Waals surface area contributed by atoms with Gasteiger partial charge >= 0.3 is 6.18 Å². The molecule has 120 valence electrons. The first-order chi connectivity index (χ1) is 9.61. The topological polar surface area (TPSA) is 28.2 Å². The Labute approximate surface area is 124 Å². The van der Waals surface area contributed by atoms with Gasteiger partial charge in [0, 0.05) is 24.8 Å². The minimum atomic E-state index is -4.23. The standard InChI is InChI=1S/C15H24F3N3/c1-5-8-21(11-15(16,17)18)13-9-12(6-7-19-13)10-20-14(2,3)4/h6-7,9,20H,5,8,10-11H2,1-4H3. The van der Waals surface area contributed by atoms with E-state index in [2.05, 4.69) is 10.3 Å². The molecule has 0 radical (unpaired) electrons. The molecule has 0 saturated carbocycles. The molecule has 0 aromatic carbocycles. The van der Waals surface area contributed by atoms with Gasteiger partial charge in [-0.25, -0.2) is 4.98 Å². The Balaban J connectivity index is 2.84. The molecule has 1 rings (SSSR count). The Morgan fingerprint density at radius 2 is 1.90 bits per heavy atom. The van der Waals surface area contributed by atoms with Crippen LogP contribution in [0.1, 0.15) is 39.7 Å². The molecule has 0 amide bonds. The molecular formula is C15H24F3N3. The van der Waals surface area contributed by atoms with E-state index in [-0.39, 0.29) is 5.54 Å². The first-order valence-electron chi connectivity index (χ1n) is 7.12. The smallest absolute Gasteiger partial charge is 0.348 e. The lowest BCUT2D eigenvalue weighted by atomic mass is 10.1. The van der Waals surface area contributed by atoms with Crippen LogP contribution in [0.4, 0.5) is 19.0 Å². The number of nitrogens with zero attached hydrogens (tertiary/aromatic N) is 2. The summed E-state index contributed by atoms with van der Waals surface area (Å²) in [4.78, 5) is 5.36. The van der Waals surface area contributed by atoms with E-state index in [1.807, 2.05) is 33.8 Å². The minimum Gasteiger partial charge on any atom is -0.348 e. The fourth-order valence-electron chi connectivity index (χ4n) is 1.87. The molecule has 6 heteroatoms. The molecule has 1 aromatic rings. The lowest BCUT2D eigenvalue weighted by Gasteiger charge is -2.25. The van der Waals surface area contributed by atoms with Gasteiger partial charge in [0.1, 0.15) is 12.4 Å². The summed E-state index contributed by atoms with van der Waals surface area (Å²) in [5, 5.41) is 3.32. The predicted octanol–water partition coefficient (Wildman–Crippen LogP) is 3.75. The summed E-state index contributed by atoms with van der Waals surface area (Å²) >= 11 is 0. The zero-order valence-corrected chi connectivity index (χ0v) is 13.1. The maximum atomic E-state index is 12.6. The number of alkyl halides is 3. The Morgan fingerprint density at radius 1 is 1.24 bits per heavy atom. The normalized spacial score (nSPS) is 12.5. The van der Waals surface area contributed by atoms with Crippen molar-refractivity contribution < 1.29 is 13.2 Å². The highest BCUT2D eigenvalue weighted by Crippen LogP contribution is 2.21. The number of hydrogen-bond acceptors (Lipinski definition) is 3. The van der Waals surface area contributed by atoms with Gasteiger partial charge in [0.2, 0.25) is 0 Å². The monoisotopic (exact) mass is 303 g/mol. The van der Waals surface area contributed by atoms with E-state index in [0.29, 0.717) is 25.3 Å². The van der Waals surface area contributed by atoms with Gasteiger partial charge in [0.15, 0.2) is 0 Å². The van der Waals surface area contributed by atoms with Crippen LogP contribution in [0.5, 0.6) is 0 Å². The van der Waals surface area contributed by atoms with E-state index in [1.165, 1.54) is 4.90 Å². The largest absolute Gasteiger partial charge is 0.405 e. The van der Waals surface area contributed by atoms with Crippen molar-refractivity contribution in [1.29, 1.82) is 0 Å². The second kappa shape index (κ2) is 7.11. The number of halogens is 3.